The van der Waals surface area contributed by atoms with Gasteiger partial charge < -0.3 is 0 Å². The van der Waals surface area contributed by atoms with Crippen molar-refractivity contribution >= 4 is 28.4 Å². The number of allylic oxidation sites excluding steroid dienone is 4. The fraction of sp³-hybridized carbons (Fsp3) is 0.810. The molecule has 139 valence electrons. The van der Waals surface area contributed by atoms with Crippen LogP contribution in [0.2, 0.25) is 0 Å². The first-order valence-corrected chi connectivity index (χ1v) is 14.4. The van der Waals surface area contributed by atoms with Crippen molar-refractivity contribution in [3.63, 3.8) is 0 Å². The van der Waals surface area contributed by atoms with Gasteiger partial charge in [-0.05, 0) is 73.6 Å². The second kappa shape index (κ2) is 9.11. The summed E-state index contributed by atoms with van der Waals surface area (Å²) in [5, 5.41) is 0.491. The monoisotopic (exact) mass is 377 g/mol. The highest BCUT2D eigenvalue weighted by Crippen LogP contribution is 2.81. The molecule has 1 aliphatic carbocycles. The van der Waals surface area contributed by atoms with Crippen LogP contribution in [0.1, 0.15) is 81.1 Å². The minimum absolute atomic E-state index is 0.144. The van der Waals surface area contributed by atoms with Crippen molar-refractivity contribution in [3.05, 3.63) is 24.3 Å². The van der Waals surface area contributed by atoms with Gasteiger partial charge in [0, 0.05) is 24.6 Å². The third-order valence-electron chi connectivity index (χ3n) is 5.95. The highest BCUT2D eigenvalue weighted by atomic mass is 31.2. The molecule has 3 radical (unpaired) electrons. The smallest absolute Gasteiger partial charge is 0.0652 e. The van der Waals surface area contributed by atoms with Crippen molar-refractivity contribution in [1.82, 2.24) is 0 Å². The van der Waals surface area contributed by atoms with Gasteiger partial charge in [-0.1, -0.05) is 38.8 Å². The number of unbranched alkanes of at least 4 members (excludes halogenated alkanes) is 2. The van der Waals surface area contributed by atoms with Gasteiger partial charge in [0.15, 0.2) is 0 Å². The Morgan fingerprint density at radius 3 is 1.60 bits per heavy atom. The first-order valence-electron chi connectivity index (χ1n) is 10.2. The van der Waals surface area contributed by atoms with Crippen LogP contribution in [-0.2, 0) is 0 Å². The first-order chi connectivity index (χ1) is 11.4. The van der Waals surface area contributed by atoms with E-state index in [0.29, 0.717) is 10.8 Å². The summed E-state index contributed by atoms with van der Waals surface area (Å²) in [6, 6.07) is 0. The fourth-order valence-electron chi connectivity index (χ4n) is 3.72. The first kappa shape index (κ1) is 23.5. The third kappa shape index (κ3) is 5.48. The maximum atomic E-state index is 7.39. The van der Waals surface area contributed by atoms with Crippen LogP contribution in [0.4, 0.5) is 0 Å². The van der Waals surface area contributed by atoms with Crippen LogP contribution < -0.4 is 0 Å². The maximum Gasteiger partial charge on any atom is 0.572 e. The molecule has 0 aliphatic heterocycles. The molecule has 4 heteroatoms. The van der Waals surface area contributed by atoms with Gasteiger partial charge in [0.25, 0.3) is 0 Å². The molecule has 1 aliphatic rings. The predicted molar refractivity (Wildman–Crippen MR) is 126 cm³/mol. The number of hydrogen-bond donors (Lipinski definition) is 0. The van der Waals surface area contributed by atoms with E-state index in [4.69, 9.17) is 7.57 Å². The van der Waals surface area contributed by atoms with Crippen LogP contribution in [0.5, 0.6) is 0 Å². The molecule has 0 heterocycles. The zero-order valence-corrected chi connectivity index (χ0v) is 20.0. The lowest BCUT2D eigenvalue weighted by molar-refractivity contribution is 0.752. The van der Waals surface area contributed by atoms with E-state index >= 15 is 0 Å². The topological polar surface area (TPSA) is 0 Å². The van der Waals surface area contributed by atoms with Crippen LogP contribution >= 0.6 is 14.2 Å². The van der Waals surface area contributed by atoms with Crippen LogP contribution in [0.15, 0.2) is 24.3 Å². The molecule has 0 N–H and O–H groups in total. The Bertz CT molecular complexity index is 451. The molecule has 1 unspecified atom stereocenters. The molecule has 0 amide bonds. The van der Waals surface area contributed by atoms with Gasteiger partial charge in [-0.15, -0.1) is 0 Å². The highest BCUT2D eigenvalue weighted by molar-refractivity contribution is 8.37. The molecule has 0 aromatic carbocycles. The molecular weight excluding hydrogens is 336 g/mol. The van der Waals surface area contributed by atoms with Gasteiger partial charge in [0.05, 0.1) is 10.8 Å². The molecule has 25 heavy (non-hydrogen) atoms. The van der Waals surface area contributed by atoms with Crippen LogP contribution in [0.25, 0.3) is 0 Å². The van der Waals surface area contributed by atoms with E-state index in [-0.39, 0.29) is 5.16 Å². The van der Waals surface area contributed by atoms with E-state index in [2.05, 4.69) is 86.4 Å². The lowest BCUT2D eigenvalue weighted by Crippen LogP contribution is -2.38. The molecule has 0 spiro atoms. The van der Waals surface area contributed by atoms with Gasteiger partial charge in [-0.2, -0.15) is 0 Å². The predicted octanol–water partition coefficient (Wildman–Crippen LogP) is 7.33. The summed E-state index contributed by atoms with van der Waals surface area (Å²) in [4.78, 5) is 0. The average Bonchev–Trinajstić information content (AvgIpc) is 3.02. The van der Waals surface area contributed by atoms with Crippen LogP contribution in [-0.4, -0.2) is 42.6 Å². The van der Waals surface area contributed by atoms with E-state index < -0.39 is 14.2 Å². The Morgan fingerprint density at radius 1 is 0.840 bits per heavy atom. The van der Waals surface area contributed by atoms with Crippen LogP contribution in [0.3, 0.4) is 0 Å². The molecule has 0 fully saturated rings. The lowest BCUT2D eigenvalue weighted by atomic mass is 10.2. The van der Waals surface area contributed by atoms with Gasteiger partial charge >= 0.3 is 14.3 Å². The van der Waals surface area contributed by atoms with Gasteiger partial charge in [0.1, 0.15) is 0 Å². The fourth-order valence-corrected chi connectivity index (χ4v) is 15.9. The number of hydrogen-bond acceptors (Lipinski definition) is 0. The summed E-state index contributed by atoms with van der Waals surface area (Å²) in [6.07, 6.45) is 17.1. The van der Waals surface area contributed by atoms with Gasteiger partial charge in [-0.25, -0.2) is 0 Å². The van der Waals surface area contributed by atoms with Crippen molar-refractivity contribution in [2.45, 2.75) is 97.0 Å². The van der Waals surface area contributed by atoms with Crippen molar-refractivity contribution < 1.29 is 0 Å². The molecule has 1 atom stereocenters. The van der Waals surface area contributed by atoms with Crippen LogP contribution in [0, 0.1) is 0 Å². The Labute approximate surface area is 162 Å². The summed E-state index contributed by atoms with van der Waals surface area (Å²) in [5.41, 5.74) is 0.428. The molecule has 0 aromatic heterocycles. The normalized spacial score (nSPS) is 18.6. The summed E-state index contributed by atoms with van der Waals surface area (Å²) < 4.78 is 0. The van der Waals surface area contributed by atoms with Gasteiger partial charge in [0.2, 0.25) is 0 Å². The molecule has 0 saturated carbocycles. The van der Waals surface area contributed by atoms with Gasteiger partial charge in [-0.3, -0.25) is 0 Å². The summed E-state index contributed by atoms with van der Waals surface area (Å²) in [6.45, 7) is 22.0. The van der Waals surface area contributed by atoms with Crippen molar-refractivity contribution in [3.8, 4) is 0 Å². The molecule has 1 rings (SSSR count). The van der Waals surface area contributed by atoms with Crippen molar-refractivity contribution in [1.29, 1.82) is 0 Å². The molecule has 0 aromatic rings. The van der Waals surface area contributed by atoms with Crippen molar-refractivity contribution in [2.24, 2.45) is 0 Å². The summed E-state index contributed by atoms with van der Waals surface area (Å²) >= 11 is 0. The molecule has 0 saturated heterocycles. The zero-order valence-electron chi connectivity index (χ0n) is 18.2. The second-order valence-corrected chi connectivity index (χ2v) is 18.6. The quantitative estimate of drug-likeness (QED) is 0.292. The summed E-state index contributed by atoms with van der Waals surface area (Å²) in [7, 11) is 4.39. The van der Waals surface area contributed by atoms with E-state index in [1.54, 1.807) is 0 Å². The SMILES string of the molecule is [B][P+]([B][P+](CCCC)(CCCC)C(C)(C)C)(C1C=CC=C1)C(C)(C)C. The second-order valence-electron chi connectivity index (χ2n) is 9.74. The Morgan fingerprint density at radius 2 is 1.28 bits per heavy atom. The Kier molecular flexibility index (Phi) is 8.56. The maximum absolute atomic E-state index is 7.39. The third-order valence-corrected chi connectivity index (χ3v) is 17.8. The van der Waals surface area contributed by atoms with E-state index in [0.717, 1.165) is 0 Å². The number of rotatable bonds is 9. The van der Waals surface area contributed by atoms with E-state index in [1.807, 2.05) is 0 Å². The summed E-state index contributed by atoms with van der Waals surface area (Å²) in [5.74, 6) is 0. The lowest BCUT2D eigenvalue weighted by Gasteiger charge is -2.45. The standard InChI is InChI=1S/C21H41B2P2/c1-9-11-17-24(18-12-10-2,20(3,4)5)23-25(22,21(6,7)8)19-15-13-14-16-19/h13-16,19H,9-12,17-18H2,1-8H3/q+2. The Hall–Kier alpha value is 0.470. The van der Waals surface area contributed by atoms with E-state index in [9.17, 15) is 0 Å². The Balaban J connectivity index is 3.34. The minimum atomic E-state index is -1.75. The minimum Gasteiger partial charge on any atom is -0.0652 e. The highest BCUT2D eigenvalue weighted by Gasteiger charge is 2.65. The molecular formula is C21H41B2P2+2. The molecule has 0 nitrogen and oxygen atoms in total. The molecule has 0 bridgehead atoms. The van der Waals surface area contributed by atoms with Crippen molar-refractivity contribution in [2.75, 3.05) is 12.3 Å². The average molecular weight is 377 g/mol. The largest absolute Gasteiger partial charge is 0.572 e. The van der Waals surface area contributed by atoms with E-state index in [1.165, 1.54) is 38.0 Å². The zero-order chi connectivity index (χ0) is 19.4.